The van der Waals surface area contributed by atoms with Gasteiger partial charge in [-0.15, -0.1) is 0 Å². The highest BCUT2D eigenvalue weighted by atomic mass is 16.5. The first-order valence-electron chi connectivity index (χ1n) is 12.1. The van der Waals surface area contributed by atoms with Crippen LogP contribution in [-0.2, 0) is 4.79 Å². The number of anilines is 1. The quantitative estimate of drug-likeness (QED) is 0.296. The van der Waals surface area contributed by atoms with Gasteiger partial charge in [0.1, 0.15) is 35.0 Å². The maximum absolute atomic E-state index is 13.7. The van der Waals surface area contributed by atoms with E-state index in [-0.39, 0.29) is 42.1 Å². The first kappa shape index (κ1) is 23.4. The van der Waals surface area contributed by atoms with Gasteiger partial charge in [0.15, 0.2) is 11.5 Å². The number of nitrogen functional groups attached to an aromatic ring is 1. The number of hydrogen-bond donors (Lipinski definition) is 2. The SMILES string of the molecule is N#CC(=CC1(N)CC1)C(=O)N1CC(n2c(=O)n(-c3ccc(Oc4ccccc4)cc3)c3c(N)ncnc32)C1. The minimum atomic E-state index is -0.564. The van der Waals surface area contributed by atoms with Crippen LogP contribution in [0.1, 0.15) is 18.9 Å². The minimum absolute atomic E-state index is 0.0302. The fourth-order valence-electron chi connectivity index (χ4n) is 4.60. The largest absolute Gasteiger partial charge is 0.457 e. The van der Waals surface area contributed by atoms with E-state index in [0.717, 1.165) is 12.8 Å². The van der Waals surface area contributed by atoms with Gasteiger partial charge in [-0.25, -0.2) is 14.8 Å². The van der Waals surface area contributed by atoms with Crippen LogP contribution in [0.5, 0.6) is 11.5 Å². The van der Waals surface area contributed by atoms with Gasteiger partial charge < -0.3 is 21.1 Å². The molecule has 2 aromatic heterocycles. The smallest absolute Gasteiger partial charge is 0.335 e. The summed E-state index contributed by atoms with van der Waals surface area (Å²) in [6.07, 6.45) is 4.37. The fourth-order valence-corrected chi connectivity index (χ4v) is 4.60. The van der Waals surface area contributed by atoms with E-state index >= 15 is 0 Å². The van der Waals surface area contributed by atoms with Crippen LogP contribution in [0.25, 0.3) is 16.9 Å². The standard InChI is InChI=1S/C27H24N8O3/c28-13-17(12-27(30)10-11-27)25(36)33-14-19(15-33)35-24-22(23(29)31-16-32-24)34(26(35)37)18-6-8-21(9-7-18)38-20-4-2-1-3-5-20/h1-9,12,16,19H,10-11,14-15,30H2,(H2,29,31,32). The van der Waals surface area contributed by atoms with E-state index in [1.165, 1.54) is 20.4 Å². The highest BCUT2D eigenvalue weighted by Gasteiger charge is 2.40. The Morgan fingerprint density at radius 2 is 1.76 bits per heavy atom. The molecule has 1 saturated carbocycles. The Morgan fingerprint density at radius 1 is 1.08 bits per heavy atom. The molecule has 1 amide bonds. The zero-order chi connectivity index (χ0) is 26.4. The maximum Gasteiger partial charge on any atom is 0.335 e. The van der Waals surface area contributed by atoms with Crippen molar-refractivity contribution in [2.24, 2.45) is 5.73 Å². The summed E-state index contributed by atoms with van der Waals surface area (Å²) in [5.41, 5.74) is 12.7. The number of nitrogens with zero attached hydrogens (tertiary/aromatic N) is 6. The third-order valence-corrected chi connectivity index (χ3v) is 6.88. The fraction of sp³-hybridized carbons (Fsp3) is 0.222. The number of nitrogens with two attached hydrogens (primary N) is 2. The Labute approximate surface area is 217 Å². The monoisotopic (exact) mass is 508 g/mol. The zero-order valence-electron chi connectivity index (χ0n) is 20.3. The molecule has 11 heteroatoms. The van der Waals surface area contributed by atoms with Crippen LogP contribution in [0.2, 0.25) is 0 Å². The second-order valence-electron chi connectivity index (χ2n) is 9.60. The van der Waals surface area contributed by atoms with Crippen LogP contribution < -0.4 is 21.9 Å². The lowest BCUT2D eigenvalue weighted by molar-refractivity contribution is -0.132. The Balaban J connectivity index is 1.30. The summed E-state index contributed by atoms with van der Waals surface area (Å²) in [5.74, 6) is 1.08. The molecule has 4 aromatic rings. The highest BCUT2D eigenvalue weighted by Crippen LogP contribution is 2.35. The van der Waals surface area contributed by atoms with Gasteiger partial charge in [0.25, 0.3) is 5.91 Å². The molecule has 11 nitrogen and oxygen atoms in total. The Morgan fingerprint density at radius 3 is 2.42 bits per heavy atom. The molecular weight excluding hydrogens is 484 g/mol. The summed E-state index contributed by atoms with van der Waals surface area (Å²) >= 11 is 0. The molecule has 1 aliphatic heterocycles. The van der Waals surface area contributed by atoms with Crippen LogP contribution >= 0.6 is 0 Å². The number of rotatable bonds is 6. The molecular formula is C27H24N8O3. The van der Waals surface area contributed by atoms with E-state index in [2.05, 4.69) is 9.97 Å². The van der Waals surface area contributed by atoms with Crippen molar-refractivity contribution in [2.45, 2.75) is 24.4 Å². The van der Waals surface area contributed by atoms with Crippen LogP contribution in [-0.4, -0.2) is 48.5 Å². The number of fused-ring (bicyclic) bond motifs is 1. The number of likely N-dealkylation sites (tertiary alicyclic amines) is 1. The summed E-state index contributed by atoms with van der Waals surface area (Å²) < 4.78 is 8.86. The average Bonchev–Trinajstić information content (AvgIpc) is 3.55. The molecule has 2 fully saturated rings. The molecule has 0 atom stereocenters. The number of hydrogen-bond acceptors (Lipinski definition) is 8. The van der Waals surface area contributed by atoms with Crippen molar-refractivity contribution < 1.29 is 9.53 Å². The van der Waals surface area contributed by atoms with E-state index in [1.54, 1.807) is 30.3 Å². The van der Waals surface area contributed by atoms with Crippen molar-refractivity contribution in [2.75, 3.05) is 18.8 Å². The highest BCUT2D eigenvalue weighted by molar-refractivity contribution is 5.98. The van der Waals surface area contributed by atoms with Crippen molar-refractivity contribution in [3.63, 3.8) is 0 Å². The molecule has 3 heterocycles. The number of imidazole rings is 1. The summed E-state index contributed by atoms with van der Waals surface area (Å²) in [6.45, 7) is 0.504. The second-order valence-corrected chi connectivity index (χ2v) is 9.60. The number of ether oxygens (including phenoxy) is 1. The van der Waals surface area contributed by atoms with Gasteiger partial charge in [-0.1, -0.05) is 18.2 Å². The number of carbonyl (C=O) groups is 1. The lowest BCUT2D eigenvalue weighted by Crippen LogP contribution is -2.53. The van der Waals surface area contributed by atoms with Crippen LogP contribution in [0.4, 0.5) is 5.82 Å². The van der Waals surface area contributed by atoms with Gasteiger partial charge >= 0.3 is 5.69 Å². The first-order valence-corrected chi connectivity index (χ1v) is 12.1. The van der Waals surface area contributed by atoms with Gasteiger partial charge in [0, 0.05) is 18.6 Å². The molecule has 0 bridgehead atoms. The Kier molecular flexibility index (Phi) is 5.47. The zero-order valence-corrected chi connectivity index (χ0v) is 20.3. The van der Waals surface area contributed by atoms with E-state index in [0.29, 0.717) is 28.4 Å². The predicted molar refractivity (Wildman–Crippen MR) is 140 cm³/mol. The van der Waals surface area contributed by atoms with Crippen molar-refractivity contribution >= 4 is 22.9 Å². The molecule has 1 aliphatic carbocycles. The molecule has 4 N–H and O–H groups in total. The van der Waals surface area contributed by atoms with E-state index in [9.17, 15) is 14.9 Å². The summed E-state index contributed by atoms with van der Waals surface area (Å²) in [5, 5.41) is 9.47. The van der Waals surface area contributed by atoms with E-state index in [1.807, 2.05) is 36.4 Å². The average molecular weight is 509 g/mol. The van der Waals surface area contributed by atoms with Crippen molar-refractivity contribution in [1.29, 1.82) is 5.26 Å². The summed E-state index contributed by atoms with van der Waals surface area (Å²) in [7, 11) is 0. The van der Waals surface area contributed by atoms with Crippen LogP contribution in [0.3, 0.4) is 0 Å². The number of nitriles is 1. The number of amides is 1. The molecule has 38 heavy (non-hydrogen) atoms. The minimum Gasteiger partial charge on any atom is -0.457 e. The topological polar surface area (TPSA) is 158 Å². The second kappa shape index (κ2) is 8.86. The van der Waals surface area contributed by atoms with Gasteiger partial charge in [-0.3, -0.25) is 13.9 Å². The predicted octanol–water partition coefficient (Wildman–Crippen LogP) is 2.28. The molecule has 6 rings (SSSR count). The third-order valence-electron chi connectivity index (χ3n) is 6.88. The summed E-state index contributed by atoms with van der Waals surface area (Å²) in [4.78, 5) is 36.5. The number of benzene rings is 2. The van der Waals surface area contributed by atoms with Gasteiger partial charge in [0.05, 0.1) is 11.7 Å². The molecule has 190 valence electrons. The number of carbonyl (C=O) groups excluding carboxylic acids is 1. The Bertz CT molecular complexity index is 1670. The third kappa shape index (κ3) is 4.07. The molecule has 2 aliphatic rings. The lowest BCUT2D eigenvalue weighted by atomic mass is 10.1. The van der Waals surface area contributed by atoms with E-state index in [4.69, 9.17) is 16.2 Å². The molecule has 1 saturated heterocycles. The molecule has 0 radical (unpaired) electrons. The Hall–Kier alpha value is -4.95. The van der Waals surface area contributed by atoms with Gasteiger partial charge in [0.2, 0.25) is 0 Å². The van der Waals surface area contributed by atoms with Crippen LogP contribution in [0, 0.1) is 11.3 Å². The summed E-state index contributed by atoms with van der Waals surface area (Å²) in [6, 6.07) is 18.1. The normalized spacial score (nSPS) is 16.6. The molecule has 0 spiro atoms. The first-order chi connectivity index (χ1) is 18.4. The number of para-hydroxylation sites is 1. The van der Waals surface area contributed by atoms with Crippen molar-refractivity contribution in [3.05, 3.63) is 83.1 Å². The molecule has 0 unspecified atom stereocenters. The lowest BCUT2D eigenvalue weighted by Gasteiger charge is -2.39. The molecule has 2 aromatic carbocycles. The van der Waals surface area contributed by atoms with Gasteiger partial charge in [-0.2, -0.15) is 5.26 Å². The van der Waals surface area contributed by atoms with Crippen LogP contribution in [0.15, 0.2) is 77.4 Å². The van der Waals surface area contributed by atoms with Gasteiger partial charge in [-0.05, 0) is 55.3 Å². The van der Waals surface area contributed by atoms with E-state index < -0.39 is 5.54 Å². The van der Waals surface area contributed by atoms with Crippen molar-refractivity contribution in [3.8, 4) is 23.3 Å². The van der Waals surface area contributed by atoms with Crippen molar-refractivity contribution in [1.82, 2.24) is 24.0 Å². The number of aromatic nitrogens is 4. The maximum atomic E-state index is 13.7.